The molecule has 66 heavy (non-hydrogen) atoms. The van der Waals surface area contributed by atoms with Crippen LogP contribution in [-0.2, 0) is 20.1 Å². The van der Waals surface area contributed by atoms with Crippen LogP contribution in [0.25, 0.3) is 81.8 Å². The molecule has 0 bridgehead atoms. The fourth-order valence-corrected chi connectivity index (χ4v) is 11.7. The van der Waals surface area contributed by atoms with Gasteiger partial charge in [0.15, 0.2) is 0 Å². The molecule has 0 saturated heterocycles. The van der Waals surface area contributed by atoms with E-state index in [2.05, 4.69) is 202 Å². The fourth-order valence-electron chi connectivity index (χ4n) is 8.95. The molecule has 10 rings (SSSR count). The van der Waals surface area contributed by atoms with Crippen molar-refractivity contribution in [3.63, 3.8) is 0 Å². The number of para-hydroxylation sites is 3. The molecule has 3 aromatic heterocycles. The number of nitrogens with zero attached hydrogens (tertiary/aromatic N) is 3. The maximum absolute atomic E-state index is 8.44. The summed E-state index contributed by atoms with van der Waals surface area (Å²) in [5.74, 6) is 1.07. The molecular weight excluding hydrogens is 1020 g/mol. The van der Waals surface area contributed by atoms with Crippen molar-refractivity contribution >= 4 is 55.8 Å². The minimum absolute atomic E-state index is 0. The predicted octanol–water partition coefficient (Wildman–Crippen LogP) is 16.7. The van der Waals surface area contributed by atoms with Crippen molar-refractivity contribution in [1.82, 2.24) is 14.5 Å². The van der Waals surface area contributed by atoms with Crippen LogP contribution >= 0.6 is 11.3 Å². The van der Waals surface area contributed by atoms with Crippen LogP contribution in [0.3, 0.4) is 0 Å². The summed E-state index contributed by atoms with van der Waals surface area (Å²) in [4.78, 5) is 9.93. The summed E-state index contributed by atoms with van der Waals surface area (Å²) in [6.45, 7) is 19.9. The Morgan fingerprint density at radius 1 is 0.606 bits per heavy atom. The first-order valence-corrected chi connectivity index (χ1v) is 27.1. The molecule has 1 radical (unpaired) electrons. The molecule has 0 saturated carbocycles. The Kier molecular flexibility index (Phi) is 13.5. The maximum atomic E-state index is 8.44. The van der Waals surface area contributed by atoms with Crippen molar-refractivity contribution in [2.75, 3.05) is 0 Å². The summed E-state index contributed by atoms with van der Waals surface area (Å²) >= 11 is 1.84. The summed E-state index contributed by atoms with van der Waals surface area (Å²) < 4.78 is 13.3. The Hall–Kier alpha value is -5.75. The SMILES string of the molecule is CC(C)c1cccc(C(C)C)c1-n1c(-c2[c-]ccc3c2sc2ccc(-c4cccc(-c5ccccc5)c4)cc23)nc2ccccc21.[2H]C(C)(C)c1cc(-c2[c-]cccc2)ncc1[Si](C)(C)C.[Ir]. The second-order valence-corrected chi connectivity index (χ2v) is 24.9. The van der Waals surface area contributed by atoms with Crippen LogP contribution in [0.1, 0.15) is 77.3 Å². The van der Waals surface area contributed by atoms with Gasteiger partial charge >= 0.3 is 0 Å². The average Bonchev–Trinajstić information content (AvgIpc) is 3.90. The summed E-state index contributed by atoms with van der Waals surface area (Å²) in [6.07, 6.45) is 1.98. The molecule has 0 spiro atoms. The molecule has 0 aliphatic heterocycles. The van der Waals surface area contributed by atoms with Gasteiger partial charge < -0.3 is 9.55 Å². The van der Waals surface area contributed by atoms with Crippen LogP contribution in [-0.4, -0.2) is 22.6 Å². The third-order valence-electron chi connectivity index (χ3n) is 12.3. The second kappa shape index (κ2) is 19.6. The number of aromatic nitrogens is 3. The van der Waals surface area contributed by atoms with E-state index in [1.807, 2.05) is 55.6 Å². The number of pyridine rings is 1. The van der Waals surface area contributed by atoms with Gasteiger partial charge in [-0.05, 0) is 102 Å². The first-order valence-electron chi connectivity index (χ1n) is 23.3. The van der Waals surface area contributed by atoms with Gasteiger partial charge in [-0.15, -0.1) is 54.1 Å². The van der Waals surface area contributed by atoms with Crippen LogP contribution in [0.15, 0.2) is 164 Å². The quantitative estimate of drug-likeness (QED) is 0.107. The molecule has 0 fully saturated rings. The van der Waals surface area contributed by atoms with E-state index in [1.165, 1.54) is 64.4 Å². The Morgan fingerprint density at radius 3 is 1.94 bits per heavy atom. The van der Waals surface area contributed by atoms with E-state index >= 15 is 0 Å². The molecule has 0 unspecified atom stereocenters. The average molecular weight is 1070 g/mol. The molecule has 10 aromatic rings. The normalized spacial score (nSPS) is 12.1. The number of hydrogen-bond donors (Lipinski definition) is 0. The molecule has 0 atom stereocenters. The molecule has 0 aliphatic rings. The van der Waals surface area contributed by atoms with Gasteiger partial charge in [-0.2, -0.15) is 11.3 Å². The zero-order valence-electron chi connectivity index (χ0n) is 40.3. The fraction of sp³-hybridized carbons (Fsp3) is 0.200. The van der Waals surface area contributed by atoms with Crippen LogP contribution in [0.4, 0.5) is 0 Å². The molecule has 0 amide bonds. The van der Waals surface area contributed by atoms with Gasteiger partial charge in [-0.3, -0.25) is 4.98 Å². The summed E-state index contributed by atoms with van der Waals surface area (Å²) in [7, 11) is -1.50. The Balaban J connectivity index is 0.000000244. The topological polar surface area (TPSA) is 30.7 Å². The van der Waals surface area contributed by atoms with Gasteiger partial charge in [0.2, 0.25) is 0 Å². The molecule has 6 heteroatoms. The van der Waals surface area contributed by atoms with Gasteiger partial charge in [-0.25, -0.2) is 0 Å². The second-order valence-electron chi connectivity index (χ2n) is 18.9. The summed E-state index contributed by atoms with van der Waals surface area (Å²) in [6, 6.07) is 62.7. The number of fused-ring (bicyclic) bond motifs is 4. The number of hydrogen-bond acceptors (Lipinski definition) is 3. The monoisotopic (exact) mass is 1070 g/mol. The molecule has 7 aromatic carbocycles. The Morgan fingerprint density at radius 2 is 1.26 bits per heavy atom. The van der Waals surface area contributed by atoms with E-state index in [0.717, 1.165) is 39.2 Å². The standard InChI is InChI=1S/C43H35N2S.C17H22NSi.Ir/c1-27(2)33-17-11-18-34(28(3)4)41(33)45-39-22-9-8-21-38(39)44-43(45)36-20-12-19-35-37-26-32(23-24-40(37)46-42(35)36)31-16-10-15-30(25-31)29-13-6-5-7-14-29;1-13(2)15-11-16(14-9-7-6-8-10-14)18-12-17(15)19(3,4)5;/h5-19,21-28H,1-4H3;6-9,11-13H,1-5H3;/q2*-1;/i;13D;. The van der Waals surface area contributed by atoms with Crippen LogP contribution < -0.4 is 5.19 Å². The smallest absolute Gasteiger partial charge is 0.0799 e. The van der Waals surface area contributed by atoms with Gasteiger partial charge in [0.25, 0.3) is 0 Å². The zero-order chi connectivity index (χ0) is 46.3. The van der Waals surface area contributed by atoms with E-state index in [1.54, 1.807) is 0 Å². The first kappa shape index (κ1) is 45.4. The third-order valence-corrected chi connectivity index (χ3v) is 15.5. The molecule has 333 valence electrons. The van der Waals surface area contributed by atoms with Crippen molar-refractivity contribution in [1.29, 1.82) is 0 Å². The van der Waals surface area contributed by atoms with Crippen molar-refractivity contribution in [2.45, 2.75) is 78.9 Å². The molecule has 0 aliphatic carbocycles. The minimum Gasteiger partial charge on any atom is -0.333 e. The number of benzene rings is 7. The van der Waals surface area contributed by atoms with Crippen LogP contribution in [0.5, 0.6) is 0 Å². The number of imidazole rings is 1. The van der Waals surface area contributed by atoms with E-state index in [0.29, 0.717) is 11.8 Å². The van der Waals surface area contributed by atoms with Gasteiger partial charge in [0.1, 0.15) is 0 Å². The number of thiophene rings is 1. The van der Waals surface area contributed by atoms with E-state index in [9.17, 15) is 0 Å². The maximum Gasteiger partial charge on any atom is 0.0799 e. The predicted molar refractivity (Wildman–Crippen MR) is 283 cm³/mol. The van der Waals surface area contributed by atoms with Crippen molar-refractivity contribution < 1.29 is 21.5 Å². The zero-order valence-corrected chi connectivity index (χ0v) is 43.5. The van der Waals surface area contributed by atoms with Crippen molar-refractivity contribution in [3.8, 4) is 50.6 Å². The van der Waals surface area contributed by atoms with Crippen molar-refractivity contribution in [3.05, 3.63) is 193 Å². The molecule has 0 N–H and O–H groups in total. The van der Waals surface area contributed by atoms with Gasteiger partial charge in [0, 0.05) is 38.1 Å². The molecule has 3 heterocycles. The largest absolute Gasteiger partial charge is 0.333 e. The third kappa shape index (κ3) is 9.30. The van der Waals surface area contributed by atoms with Gasteiger partial charge in [0.05, 0.1) is 24.9 Å². The van der Waals surface area contributed by atoms with E-state index in [-0.39, 0.29) is 20.1 Å². The van der Waals surface area contributed by atoms with E-state index in [4.69, 9.17) is 6.35 Å². The summed E-state index contributed by atoms with van der Waals surface area (Å²) in [5.41, 5.74) is 15.0. The van der Waals surface area contributed by atoms with Crippen LogP contribution in [0, 0.1) is 12.1 Å². The van der Waals surface area contributed by atoms with Crippen molar-refractivity contribution in [2.24, 2.45) is 0 Å². The van der Waals surface area contributed by atoms with E-state index < -0.39 is 14.0 Å². The first-order chi connectivity index (χ1) is 31.7. The number of rotatable bonds is 9. The van der Waals surface area contributed by atoms with Gasteiger partial charge in [-0.1, -0.05) is 169 Å². The minimum atomic E-state index is -1.50. The van der Waals surface area contributed by atoms with Crippen LogP contribution in [0.2, 0.25) is 19.6 Å². The Labute approximate surface area is 411 Å². The molecular formula is C60H57IrN3SSi-2. The Bertz CT molecular complexity index is 3310. The summed E-state index contributed by atoms with van der Waals surface area (Å²) in [5, 5.41) is 3.79. The molecule has 3 nitrogen and oxygen atoms in total.